The molecule has 1 aliphatic heterocycles. The summed E-state index contributed by atoms with van der Waals surface area (Å²) in [6.07, 6.45) is 4.32. The highest BCUT2D eigenvalue weighted by Gasteiger charge is 2.31. The Balaban J connectivity index is 2.17. The van der Waals surface area contributed by atoms with Gasteiger partial charge < -0.3 is 10.4 Å². The largest absolute Gasteiger partial charge is 0.478 e. The highest BCUT2D eigenvalue weighted by molar-refractivity contribution is 5.88. The second-order valence-electron chi connectivity index (χ2n) is 4.43. The van der Waals surface area contributed by atoms with Gasteiger partial charge in [0.15, 0.2) is 0 Å². The third-order valence-corrected chi connectivity index (χ3v) is 3.29. The predicted molar refractivity (Wildman–Crippen MR) is 66.5 cm³/mol. The first-order valence-corrected chi connectivity index (χ1v) is 6.11. The summed E-state index contributed by atoms with van der Waals surface area (Å²) in [7, 11) is 1.60. The Labute approximate surface area is 110 Å². The number of hydrogen-bond acceptors (Lipinski definition) is 5. The lowest BCUT2D eigenvalue weighted by atomic mass is 10.2. The molecule has 1 aromatic heterocycles. The molecule has 102 valence electrons. The second-order valence-corrected chi connectivity index (χ2v) is 4.43. The van der Waals surface area contributed by atoms with Crippen LogP contribution in [-0.4, -0.2) is 51.5 Å². The molecule has 2 N–H and O–H groups in total. The lowest BCUT2D eigenvalue weighted by Crippen LogP contribution is -2.41. The van der Waals surface area contributed by atoms with Gasteiger partial charge in [0, 0.05) is 19.8 Å². The maximum atomic E-state index is 11.7. The Morgan fingerprint density at radius 2 is 2.37 bits per heavy atom. The molecule has 7 nitrogen and oxygen atoms in total. The van der Waals surface area contributed by atoms with Gasteiger partial charge in [0.1, 0.15) is 11.9 Å². The maximum Gasteiger partial charge on any atom is 0.339 e. The minimum absolute atomic E-state index is 0.0385. The number of likely N-dealkylation sites (tertiary alicyclic amines) is 1. The minimum Gasteiger partial charge on any atom is -0.478 e. The first-order valence-electron chi connectivity index (χ1n) is 6.11. The van der Waals surface area contributed by atoms with E-state index in [1.165, 1.54) is 12.5 Å². The monoisotopic (exact) mass is 264 g/mol. The maximum absolute atomic E-state index is 11.7. The number of hydrogen-bond donors (Lipinski definition) is 2. The van der Waals surface area contributed by atoms with Gasteiger partial charge >= 0.3 is 5.97 Å². The fraction of sp³-hybridized carbons (Fsp3) is 0.500. The number of aromatic carboxylic acids is 1. The Morgan fingerprint density at radius 3 is 3.05 bits per heavy atom. The molecule has 2 rings (SSSR count). The van der Waals surface area contributed by atoms with Crippen molar-refractivity contribution in [2.75, 3.05) is 13.6 Å². The summed E-state index contributed by atoms with van der Waals surface area (Å²) >= 11 is 0. The predicted octanol–water partition coefficient (Wildman–Crippen LogP) is -0.115. The van der Waals surface area contributed by atoms with E-state index in [1.54, 1.807) is 7.05 Å². The molecule has 1 fully saturated rings. The van der Waals surface area contributed by atoms with Crippen LogP contribution in [0.3, 0.4) is 0 Å². The van der Waals surface area contributed by atoms with Crippen molar-refractivity contribution >= 4 is 11.9 Å². The van der Waals surface area contributed by atoms with Crippen molar-refractivity contribution in [2.45, 2.75) is 25.4 Å². The molecule has 1 saturated heterocycles. The van der Waals surface area contributed by atoms with Crippen molar-refractivity contribution in [2.24, 2.45) is 0 Å². The standard InChI is InChI=1S/C12H16N4O3/c1-13-11(17)10-3-2-4-16(10)6-9-8(12(18)19)5-14-7-15-9/h5,7,10H,2-4,6H2,1H3,(H,13,17)(H,18,19). The molecule has 1 unspecified atom stereocenters. The SMILES string of the molecule is CNC(=O)C1CCCN1Cc1ncncc1C(=O)O. The zero-order valence-corrected chi connectivity index (χ0v) is 10.7. The third-order valence-electron chi connectivity index (χ3n) is 3.29. The van der Waals surface area contributed by atoms with Crippen LogP contribution in [0.5, 0.6) is 0 Å². The van der Waals surface area contributed by atoms with Crippen LogP contribution in [0.2, 0.25) is 0 Å². The zero-order valence-electron chi connectivity index (χ0n) is 10.7. The molecule has 0 bridgehead atoms. The van der Waals surface area contributed by atoms with Crippen molar-refractivity contribution in [3.8, 4) is 0 Å². The topological polar surface area (TPSA) is 95.4 Å². The number of carbonyl (C=O) groups is 2. The van der Waals surface area contributed by atoms with Crippen LogP contribution >= 0.6 is 0 Å². The third kappa shape index (κ3) is 2.87. The van der Waals surface area contributed by atoms with E-state index < -0.39 is 5.97 Å². The molecule has 19 heavy (non-hydrogen) atoms. The Bertz CT molecular complexity index is 492. The van der Waals surface area contributed by atoms with Crippen LogP contribution in [0.1, 0.15) is 28.9 Å². The molecule has 1 aliphatic rings. The van der Waals surface area contributed by atoms with Crippen molar-refractivity contribution in [3.63, 3.8) is 0 Å². The van der Waals surface area contributed by atoms with Crippen molar-refractivity contribution in [1.82, 2.24) is 20.2 Å². The number of carbonyl (C=O) groups excluding carboxylic acids is 1. The minimum atomic E-state index is -1.05. The molecule has 0 saturated carbocycles. The number of likely N-dealkylation sites (N-methyl/N-ethyl adjacent to an activating group) is 1. The van der Waals surface area contributed by atoms with Crippen molar-refractivity contribution in [3.05, 3.63) is 23.8 Å². The van der Waals surface area contributed by atoms with E-state index >= 15 is 0 Å². The summed E-state index contributed by atoms with van der Waals surface area (Å²) in [6.45, 7) is 1.11. The van der Waals surface area contributed by atoms with E-state index in [0.29, 0.717) is 12.2 Å². The quantitative estimate of drug-likeness (QED) is 0.787. The zero-order chi connectivity index (χ0) is 13.8. The summed E-state index contributed by atoms with van der Waals surface area (Å²) in [6, 6.07) is -0.207. The second kappa shape index (κ2) is 5.75. The summed E-state index contributed by atoms with van der Waals surface area (Å²) in [5.41, 5.74) is 0.531. The molecular formula is C12H16N4O3. The van der Waals surface area contributed by atoms with Gasteiger partial charge in [-0.25, -0.2) is 14.8 Å². The normalized spacial score (nSPS) is 19.3. The summed E-state index contributed by atoms with van der Waals surface area (Å²) in [4.78, 5) is 32.5. The van der Waals surface area contributed by atoms with Crippen LogP contribution in [0.15, 0.2) is 12.5 Å². The summed E-state index contributed by atoms with van der Waals surface area (Å²) in [5.74, 6) is -1.09. The molecule has 7 heteroatoms. The van der Waals surface area contributed by atoms with E-state index in [4.69, 9.17) is 5.11 Å². The van der Waals surface area contributed by atoms with E-state index in [1.807, 2.05) is 4.90 Å². The fourth-order valence-electron chi connectivity index (χ4n) is 2.33. The van der Waals surface area contributed by atoms with Gasteiger partial charge in [-0.05, 0) is 19.4 Å². The van der Waals surface area contributed by atoms with Crippen LogP contribution in [0, 0.1) is 0 Å². The van der Waals surface area contributed by atoms with Crippen LogP contribution < -0.4 is 5.32 Å². The molecule has 0 aliphatic carbocycles. The smallest absolute Gasteiger partial charge is 0.339 e. The fourth-order valence-corrected chi connectivity index (χ4v) is 2.33. The Kier molecular flexibility index (Phi) is 4.06. The van der Waals surface area contributed by atoms with Gasteiger partial charge in [-0.2, -0.15) is 0 Å². The molecular weight excluding hydrogens is 248 g/mol. The van der Waals surface area contributed by atoms with Crippen LogP contribution in [0.4, 0.5) is 0 Å². The van der Waals surface area contributed by atoms with Gasteiger partial charge in [0.05, 0.1) is 11.7 Å². The van der Waals surface area contributed by atoms with Crippen molar-refractivity contribution < 1.29 is 14.7 Å². The molecule has 0 radical (unpaired) electrons. The lowest BCUT2D eigenvalue weighted by Gasteiger charge is -2.22. The number of rotatable bonds is 4. The molecule has 0 aromatic carbocycles. The van der Waals surface area contributed by atoms with Crippen molar-refractivity contribution in [1.29, 1.82) is 0 Å². The summed E-state index contributed by atoms with van der Waals surface area (Å²) < 4.78 is 0. The Morgan fingerprint density at radius 1 is 1.58 bits per heavy atom. The molecule has 1 atom stereocenters. The first kappa shape index (κ1) is 13.4. The number of nitrogens with one attached hydrogen (secondary N) is 1. The lowest BCUT2D eigenvalue weighted by molar-refractivity contribution is -0.125. The van der Waals surface area contributed by atoms with Crippen LogP contribution in [0.25, 0.3) is 0 Å². The van der Waals surface area contributed by atoms with Gasteiger partial charge in [0.25, 0.3) is 0 Å². The molecule has 2 heterocycles. The summed E-state index contributed by atoms with van der Waals surface area (Å²) in [5, 5.41) is 11.7. The van der Waals surface area contributed by atoms with Gasteiger partial charge in [-0.15, -0.1) is 0 Å². The first-order chi connectivity index (χ1) is 9.13. The van der Waals surface area contributed by atoms with E-state index in [0.717, 1.165) is 19.4 Å². The highest BCUT2D eigenvalue weighted by Crippen LogP contribution is 2.20. The Hall–Kier alpha value is -2.02. The number of carboxylic acid groups (broad SMARTS) is 1. The van der Waals surface area contributed by atoms with Crippen LogP contribution in [-0.2, 0) is 11.3 Å². The van der Waals surface area contributed by atoms with E-state index in [2.05, 4.69) is 15.3 Å². The van der Waals surface area contributed by atoms with Gasteiger partial charge in [-0.1, -0.05) is 0 Å². The van der Waals surface area contributed by atoms with Gasteiger partial charge in [-0.3, -0.25) is 9.69 Å². The highest BCUT2D eigenvalue weighted by atomic mass is 16.4. The van der Waals surface area contributed by atoms with Gasteiger partial charge in [0.2, 0.25) is 5.91 Å². The number of aromatic nitrogens is 2. The van der Waals surface area contributed by atoms with E-state index in [9.17, 15) is 9.59 Å². The molecule has 1 aromatic rings. The number of amides is 1. The van der Waals surface area contributed by atoms with E-state index in [-0.39, 0.29) is 17.5 Å². The average Bonchev–Trinajstić information content (AvgIpc) is 2.86. The average molecular weight is 264 g/mol. The number of nitrogens with zero attached hydrogens (tertiary/aromatic N) is 3. The number of carboxylic acids is 1. The molecule has 0 spiro atoms. The molecule has 1 amide bonds.